The molecule has 3 atom stereocenters. The van der Waals surface area contributed by atoms with Gasteiger partial charge in [0.1, 0.15) is 11.8 Å². The highest BCUT2D eigenvalue weighted by Crippen LogP contribution is 2.42. The van der Waals surface area contributed by atoms with Gasteiger partial charge in [0.2, 0.25) is 0 Å². The molecule has 112 valence electrons. The van der Waals surface area contributed by atoms with Gasteiger partial charge < -0.3 is 14.7 Å². The van der Waals surface area contributed by atoms with Crippen molar-refractivity contribution < 1.29 is 19.4 Å². The predicted octanol–water partition coefficient (Wildman–Crippen LogP) is 2.02. The van der Waals surface area contributed by atoms with E-state index in [1.165, 1.54) is 0 Å². The number of rotatable bonds is 3. The van der Waals surface area contributed by atoms with Crippen LogP contribution < -0.4 is 4.74 Å². The largest absolute Gasteiger partial charge is 0.497 e. The molecule has 1 saturated carbocycles. The fourth-order valence-electron chi connectivity index (χ4n) is 3.73. The zero-order valence-corrected chi connectivity index (χ0v) is 12.0. The molecule has 1 amide bonds. The third-order valence-corrected chi connectivity index (χ3v) is 4.74. The molecule has 1 saturated heterocycles. The van der Waals surface area contributed by atoms with Crippen molar-refractivity contribution in [3.63, 3.8) is 0 Å². The summed E-state index contributed by atoms with van der Waals surface area (Å²) in [6, 6.07) is 6.15. The lowest BCUT2D eigenvalue weighted by atomic mass is 9.94. The van der Waals surface area contributed by atoms with Gasteiger partial charge in [-0.25, -0.2) is 4.79 Å². The van der Waals surface area contributed by atoms with Crippen molar-refractivity contribution in [3.8, 4) is 5.75 Å². The van der Waals surface area contributed by atoms with E-state index in [4.69, 9.17) is 4.74 Å². The standard InChI is InChI=1S/C16H19NO4/c1-21-12-7-5-10(6-8-12)15(18)17-9-11-3-2-4-13(11)14(17)16(19)20/h5-8,11,13-14H,2-4,9H2,1H3,(H,19,20). The van der Waals surface area contributed by atoms with E-state index in [2.05, 4.69) is 0 Å². The second-order valence-corrected chi connectivity index (χ2v) is 5.82. The molecule has 1 aromatic rings. The molecule has 1 aliphatic carbocycles. The number of hydrogen-bond donors (Lipinski definition) is 1. The van der Waals surface area contributed by atoms with Gasteiger partial charge >= 0.3 is 5.97 Å². The number of nitrogens with zero attached hydrogens (tertiary/aromatic N) is 1. The van der Waals surface area contributed by atoms with Crippen LogP contribution in [-0.4, -0.2) is 41.6 Å². The van der Waals surface area contributed by atoms with Crippen LogP contribution in [0, 0.1) is 11.8 Å². The molecule has 0 aromatic heterocycles. The zero-order chi connectivity index (χ0) is 15.0. The van der Waals surface area contributed by atoms with E-state index >= 15 is 0 Å². The normalized spacial score (nSPS) is 27.5. The van der Waals surface area contributed by atoms with Gasteiger partial charge in [-0.15, -0.1) is 0 Å². The Kier molecular flexibility index (Phi) is 3.57. The number of hydrogen-bond acceptors (Lipinski definition) is 3. The Bertz CT molecular complexity index is 554. The molecule has 1 aromatic carbocycles. The number of amides is 1. The number of benzene rings is 1. The number of ether oxygens (including phenoxy) is 1. The summed E-state index contributed by atoms with van der Waals surface area (Å²) >= 11 is 0. The topological polar surface area (TPSA) is 66.8 Å². The first kappa shape index (κ1) is 13.9. The first-order valence-corrected chi connectivity index (χ1v) is 7.29. The van der Waals surface area contributed by atoms with Crippen molar-refractivity contribution in [3.05, 3.63) is 29.8 Å². The van der Waals surface area contributed by atoms with E-state index in [9.17, 15) is 14.7 Å². The Hall–Kier alpha value is -2.04. The van der Waals surface area contributed by atoms with E-state index in [0.717, 1.165) is 19.3 Å². The quantitative estimate of drug-likeness (QED) is 0.924. The smallest absolute Gasteiger partial charge is 0.326 e. The average Bonchev–Trinajstić information content (AvgIpc) is 3.06. The molecule has 0 bridgehead atoms. The molecule has 2 aliphatic rings. The monoisotopic (exact) mass is 289 g/mol. The Balaban J connectivity index is 1.84. The van der Waals surface area contributed by atoms with Crippen LogP contribution in [0.5, 0.6) is 5.75 Å². The number of carboxylic acids is 1. The van der Waals surface area contributed by atoms with Gasteiger partial charge in [0.25, 0.3) is 5.91 Å². The lowest BCUT2D eigenvalue weighted by molar-refractivity contribution is -0.142. The number of fused-ring (bicyclic) bond motifs is 1. The van der Waals surface area contributed by atoms with Crippen LogP contribution in [0.4, 0.5) is 0 Å². The van der Waals surface area contributed by atoms with Gasteiger partial charge in [-0.3, -0.25) is 4.79 Å². The minimum atomic E-state index is -0.883. The number of carboxylic acid groups (broad SMARTS) is 1. The molecular weight excluding hydrogens is 270 g/mol. The van der Waals surface area contributed by atoms with Crippen molar-refractivity contribution in [2.45, 2.75) is 25.3 Å². The highest BCUT2D eigenvalue weighted by Gasteiger charge is 2.49. The Morgan fingerprint density at radius 2 is 1.95 bits per heavy atom. The SMILES string of the molecule is COc1ccc(C(=O)N2CC3CCCC3C2C(=O)O)cc1. The van der Waals surface area contributed by atoms with Crippen molar-refractivity contribution in [2.75, 3.05) is 13.7 Å². The molecule has 5 heteroatoms. The van der Waals surface area contributed by atoms with E-state index < -0.39 is 12.0 Å². The highest BCUT2D eigenvalue weighted by molar-refractivity contribution is 5.97. The van der Waals surface area contributed by atoms with Gasteiger partial charge in [0, 0.05) is 12.1 Å². The molecule has 1 heterocycles. The summed E-state index contributed by atoms with van der Waals surface area (Å²) < 4.78 is 5.08. The van der Waals surface area contributed by atoms with E-state index in [-0.39, 0.29) is 11.8 Å². The van der Waals surface area contributed by atoms with Crippen LogP contribution in [0.25, 0.3) is 0 Å². The van der Waals surface area contributed by atoms with Crippen LogP contribution in [0.15, 0.2) is 24.3 Å². The van der Waals surface area contributed by atoms with E-state index in [1.807, 2.05) is 0 Å². The van der Waals surface area contributed by atoms with Gasteiger partial charge in [0.05, 0.1) is 7.11 Å². The molecule has 21 heavy (non-hydrogen) atoms. The molecule has 1 N–H and O–H groups in total. The highest BCUT2D eigenvalue weighted by atomic mass is 16.5. The molecule has 0 spiro atoms. The van der Waals surface area contributed by atoms with Crippen molar-refractivity contribution in [1.29, 1.82) is 0 Å². The Morgan fingerprint density at radius 3 is 2.57 bits per heavy atom. The maximum absolute atomic E-state index is 12.6. The fourth-order valence-corrected chi connectivity index (χ4v) is 3.73. The van der Waals surface area contributed by atoms with Crippen molar-refractivity contribution in [2.24, 2.45) is 11.8 Å². The van der Waals surface area contributed by atoms with Crippen LogP contribution in [0.1, 0.15) is 29.6 Å². The second kappa shape index (κ2) is 5.39. The molecule has 1 aliphatic heterocycles. The first-order valence-electron chi connectivity index (χ1n) is 7.29. The molecule has 3 rings (SSSR count). The fraction of sp³-hybridized carbons (Fsp3) is 0.500. The number of carbonyl (C=O) groups excluding carboxylic acids is 1. The summed E-state index contributed by atoms with van der Waals surface area (Å²) in [7, 11) is 1.57. The van der Waals surface area contributed by atoms with Crippen LogP contribution in [-0.2, 0) is 4.79 Å². The average molecular weight is 289 g/mol. The maximum atomic E-state index is 12.6. The minimum Gasteiger partial charge on any atom is -0.497 e. The summed E-state index contributed by atoms with van der Waals surface area (Å²) in [6.45, 7) is 0.562. The summed E-state index contributed by atoms with van der Waals surface area (Å²) in [5, 5.41) is 9.49. The zero-order valence-electron chi connectivity index (χ0n) is 12.0. The molecule has 5 nitrogen and oxygen atoms in total. The first-order chi connectivity index (χ1) is 10.1. The van der Waals surface area contributed by atoms with Crippen molar-refractivity contribution >= 4 is 11.9 Å². The molecule has 3 unspecified atom stereocenters. The summed E-state index contributed by atoms with van der Waals surface area (Å²) in [5.41, 5.74) is 0.516. The Morgan fingerprint density at radius 1 is 1.24 bits per heavy atom. The lowest BCUT2D eigenvalue weighted by Gasteiger charge is -2.24. The number of carbonyl (C=O) groups is 2. The predicted molar refractivity (Wildman–Crippen MR) is 76.3 cm³/mol. The third-order valence-electron chi connectivity index (χ3n) is 4.74. The molecule has 2 fully saturated rings. The van der Waals surface area contributed by atoms with Gasteiger partial charge in [0.15, 0.2) is 0 Å². The Labute approximate surface area is 123 Å². The van der Waals surface area contributed by atoms with Gasteiger partial charge in [-0.1, -0.05) is 6.42 Å². The van der Waals surface area contributed by atoms with E-state index in [0.29, 0.717) is 23.8 Å². The second-order valence-electron chi connectivity index (χ2n) is 5.82. The van der Waals surface area contributed by atoms with Crippen LogP contribution >= 0.6 is 0 Å². The minimum absolute atomic E-state index is 0.115. The van der Waals surface area contributed by atoms with E-state index in [1.54, 1.807) is 36.3 Å². The van der Waals surface area contributed by atoms with Crippen LogP contribution in [0.3, 0.4) is 0 Å². The number of aliphatic carboxylic acids is 1. The summed E-state index contributed by atoms with van der Waals surface area (Å²) in [4.78, 5) is 25.7. The van der Waals surface area contributed by atoms with Gasteiger partial charge in [-0.05, 0) is 48.9 Å². The summed E-state index contributed by atoms with van der Waals surface area (Å²) in [5.74, 6) is 0.0586. The molecular formula is C16H19NO4. The molecule has 0 radical (unpaired) electrons. The number of likely N-dealkylation sites (tertiary alicyclic amines) is 1. The lowest BCUT2D eigenvalue weighted by Crippen LogP contribution is -2.43. The van der Waals surface area contributed by atoms with Gasteiger partial charge in [-0.2, -0.15) is 0 Å². The van der Waals surface area contributed by atoms with Crippen LogP contribution in [0.2, 0.25) is 0 Å². The third kappa shape index (κ3) is 2.37. The summed E-state index contributed by atoms with van der Waals surface area (Å²) in [6.07, 6.45) is 3.01. The number of methoxy groups -OCH3 is 1. The van der Waals surface area contributed by atoms with Crippen molar-refractivity contribution in [1.82, 2.24) is 4.90 Å². The maximum Gasteiger partial charge on any atom is 0.326 e.